The maximum Gasteiger partial charge on any atom is 0.410 e. The van der Waals surface area contributed by atoms with Gasteiger partial charge in [-0.15, -0.1) is 0 Å². The molecule has 10 heteroatoms. The summed E-state index contributed by atoms with van der Waals surface area (Å²) in [4.78, 5) is 46.4. The lowest BCUT2D eigenvalue weighted by Crippen LogP contribution is -2.54. The highest BCUT2D eigenvalue weighted by Crippen LogP contribution is 2.29. The second-order valence-corrected chi connectivity index (χ2v) is 12.2. The van der Waals surface area contributed by atoms with E-state index in [4.69, 9.17) is 14.2 Å². The molecule has 10 nitrogen and oxygen atoms in total. The normalized spacial score (nSPS) is 22.0. The molecule has 1 aromatic heterocycles. The molecule has 0 saturated carbocycles. The van der Waals surface area contributed by atoms with E-state index in [2.05, 4.69) is 17.2 Å². The number of nitrogens with zero attached hydrogens (tertiary/aromatic N) is 2. The van der Waals surface area contributed by atoms with E-state index in [0.29, 0.717) is 45.1 Å². The minimum atomic E-state index is -0.789. The summed E-state index contributed by atoms with van der Waals surface area (Å²) in [6.07, 6.45) is 2.06. The number of piperidine rings is 1. The zero-order chi connectivity index (χ0) is 29.0. The van der Waals surface area contributed by atoms with Gasteiger partial charge < -0.3 is 34.3 Å². The third-order valence-electron chi connectivity index (χ3n) is 7.63. The number of carbonyl (C=O) groups is 3. The van der Waals surface area contributed by atoms with Crippen molar-refractivity contribution >= 4 is 28.8 Å². The van der Waals surface area contributed by atoms with Crippen LogP contribution in [0, 0.1) is 11.8 Å². The van der Waals surface area contributed by atoms with E-state index in [0.717, 1.165) is 16.5 Å². The van der Waals surface area contributed by atoms with E-state index in [1.54, 1.807) is 16.8 Å². The molecule has 2 aromatic rings. The van der Waals surface area contributed by atoms with Gasteiger partial charge in [-0.3, -0.25) is 9.59 Å². The summed E-state index contributed by atoms with van der Waals surface area (Å²) in [5.74, 6) is -0.677. The highest BCUT2D eigenvalue weighted by atomic mass is 16.7. The lowest BCUT2D eigenvalue weighted by molar-refractivity contribution is -0.204. The van der Waals surface area contributed by atoms with Gasteiger partial charge in [-0.2, -0.15) is 0 Å². The molecule has 2 atom stereocenters. The summed E-state index contributed by atoms with van der Waals surface area (Å²) in [5, 5.41) is 4.10. The number of para-hydroxylation sites is 1. The first kappa shape index (κ1) is 29.9. The molecule has 2 fully saturated rings. The van der Waals surface area contributed by atoms with Crippen molar-refractivity contribution in [2.45, 2.75) is 71.3 Å². The number of rotatable bonds is 7. The predicted molar refractivity (Wildman–Crippen MR) is 152 cm³/mol. The SMILES string of the molecule is CC1COC(CN(C)C(=O)[C@H](NC(=O)C2CCN(C(=O)OC(C)(C)C)CC2)[C@@H](C)c2c[nH]c3ccccc23)OC1. The Hall–Kier alpha value is -3.11. The first-order valence-electron chi connectivity index (χ1n) is 14.3. The first-order chi connectivity index (χ1) is 18.9. The molecule has 2 saturated heterocycles. The maximum atomic E-state index is 13.9. The van der Waals surface area contributed by atoms with Crippen molar-refractivity contribution in [3.8, 4) is 0 Å². The van der Waals surface area contributed by atoms with Crippen LogP contribution < -0.4 is 5.32 Å². The second kappa shape index (κ2) is 12.6. The van der Waals surface area contributed by atoms with Crippen LogP contribution >= 0.6 is 0 Å². The molecule has 40 heavy (non-hydrogen) atoms. The molecular weight excluding hydrogens is 512 g/mol. The van der Waals surface area contributed by atoms with Gasteiger partial charge in [0.1, 0.15) is 11.6 Å². The molecule has 0 unspecified atom stereocenters. The number of likely N-dealkylation sites (N-methyl/N-ethyl adjacent to an activating group) is 1. The minimum Gasteiger partial charge on any atom is -0.444 e. The molecule has 4 rings (SSSR count). The summed E-state index contributed by atoms with van der Waals surface area (Å²) in [6.45, 7) is 11.8. The summed E-state index contributed by atoms with van der Waals surface area (Å²) >= 11 is 0. The molecule has 2 aliphatic heterocycles. The molecule has 0 radical (unpaired) electrons. The zero-order valence-electron chi connectivity index (χ0n) is 24.6. The van der Waals surface area contributed by atoms with Crippen molar-refractivity contribution in [2.75, 3.05) is 39.9 Å². The Labute approximate surface area is 236 Å². The van der Waals surface area contributed by atoms with Gasteiger partial charge in [0.15, 0.2) is 6.29 Å². The van der Waals surface area contributed by atoms with E-state index in [1.807, 2.05) is 58.2 Å². The number of amides is 3. The third-order valence-corrected chi connectivity index (χ3v) is 7.63. The van der Waals surface area contributed by atoms with Gasteiger partial charge in [0, 0.05) is 55.0 Å². The number of carbonyl (C=O) groups excluding carboxylic acids is 3. The Kier molecular flexibility index (Phi) is 9.41. The molecular formula is C30H44N4O6. The van der Waals surface area contributed by atoms with Crippen molar-refractivity contribution in [1.29, 1.82) is 0 Å². The third kappa shape index (κ3) is 7.34. The lowest BCUT2D eigenvalue weighted by Gasteiger charge is -2.35. The molecule has 0 spiro atoms. The highest BCUT2D eigenvalue weighted by Gasteiger charge is 2.36. The van der Waals surface area contributed by atoms with Crippen LogP contribution in [0.2, 0.25) is 0 Å². The standard InChI is InChI=1S/C30H44N4O6/c1-19-17-38-25(39-18-19)16-33(6)28(36)26(20(2)23-15-31-24-10-8-7-9-22(23)24)32-27(35)21-11-13-34(14-12-21)29(37)40-30(3,4)5/h7-10,15,19-21,25-26,31H,11-14,16-18H2,1-6H3,(H,32,35)/t19?,20-,25?,26+/m0/s1. The van der Waals surface area contributed by atoms with Crippen molar-refractivity contribution in [3.05, 3.63) is 36.0 Å². The number of likely N-dealkylation sites (tertiary alicyclic amines) is 1. The van der Waals surface area contributed by atoms with Crippen molar-refractivity contribution < 1.29 is 28.6 Å². The van der Waals surface area contributed by atoms with Crippen LogP contribution in [0.4, 0.5) is 4.79 Å². The number of fused-ring (bicyclic) bond motifs is 1. The fraction of sp³-hybridized carbons (Fsp3) is 0.633. The summed E-state index contributed by atoms with van der Waals surface area (Å²) in [6, 6.07) is 7.14. The Balaban J connectivity index is 1.46. The Bertz CT molecular complexity index is 1170. The monoisotopic (exact) mass is 556 g/mol. The van der Waals surface area contributed by atoms with Crippen molar-refractivity contribution in [1.82, 2.24) is 20.1 Å². The van der Waals surface area contributed by atoms with Crippen molar-refractivity contribution in [3.63, 3.8) is 0 Å². The number of H-pyrrole nitrogens is 1. The lowest BCUT2D eigenvalue weighted by atomic mass is 9.90. The molecule has 0 bridgehead atoms. The largest absolute Gasteiger partial charge is 0.444 e. The molecule has 3 heterocycles. The number of aromatic amines is 1. The van der Waals surface area contributed by atoms with E-state index < -0.39 is 17.9 Å². The van der Waals surface area contributed by atoms with Gasteiger partial charge in [0.2, 0.25) is 11.8 Å². The Morgan fingerprint density at radius 2 is 1.80 bits per heavy atom. The van der Waals surface area contributed by atoms with Gasteiger partial charge in [0.25, 0.3) is 0 Å². The zero-order valence-corrected chi connectivity index (χ0v) is 24.6. The van der Waals surface area contributed by atoms with E-state index in [9.17, 15) is 14.4 Å². The topological polar surface area (TPSA) is 113 Å². The Morgan fingerprint density at radius 1 is 1.15 bits per heavy atom. The average molecular weight is 557 g/mol. The van der Waals surface area contributed by atoms with Gasteiger partial charge in [-0.1, -0.05) is 32.0 Å². The van der Waals surface area contributed by atoms with Crippen LogP contribution in [-0.4, -0.2) is 90.5 Å². The highest BCUT2D eigenvalue weighted by molar-refractivity contribution is 5.91. The predicted octanol–water partition coefficient (Wildman–Crippen LogP) is 3.87. The van der Waals surface area contributed by atoms with Crippen LogP contribution in [0.1, 0.15) is 58.9 Å². The quantitative estimate of drug-likeness (QED) is 0.535. The minimum absolute atomic E-state index is 0.179. The van der Waals surface area contributed by atoms with E-state index >= 15 is 0 Å². The molecule has 0 aliphatic carbocycles. The van der Waals surface area contributed by atoms with Crippen LogP contribution in [0.3, 0.4) is 0 Å². The maximum absolute atomic E-state index is 13.9. The molecule has 1 aromatic carbocycles. The van der Waals surface area contributed by atoms with Crippen LogP contribution in [0.5, 0.6) is 0 Å². The first-order valence-corrected chi connectivity index (χ1v) is 14.3. The molecule has 2 N–H and O–H groups in total. The molecule has 220 valence electrons. The number of hydrogen-bond donors (Lipinski definition) is 2. The number of nitrogens with one attached hydrogen (secondary N) is 2. The number of aromatic nitrogens is 1. The van der Waals surface area contributed by atoms with E-state index in [1.165, 1.54) is 0 Å². The molecule has 2 aliphatic rings. The van der Waals surface area contributed by atoms with Crippen molar-refractivity contribution in [2.24, 2.45) is 11.8 Å². The number of benzene rings is 1. The molecule has 3 amide bonds. The summed E-state index contributed by atoms with van der Waals surface area (Å²) in [5.41, 5.74) is 1.36. The number of ether oxygens (including phenoxy) is 3. The van der Waals surface area contributed by atoms with Gasteiger partial charge >= 0.3 is 6.09 Å². The summed E-state index contributed by atoms with van der Waals surface area (Å²) < 4.78 is 17.0. The Morgan fingerprint density at radius 3 is 2.45 bits per heavy atom. The second-order valence-electron chi connectivity index (χ2n) is 12.2. The van der Waals surface area contributed by atoms with Gasteiger partial charge in [-0.05, 0) is 45.2 Å². The average Bonchev–Trinajstić information content (AvgIpc) is 3.35. The number of hydrogen-bond acceptors (Lipinski definition) is 6. The van der Waals surface area contributed by atoms with Crippen LogP contribution in [0.15, 0.2) is 30.5 Å². The van der Waals surface area contributed by atoms with E-state index in [-0.39, 0.29) is 36.3 Å². The van der Waals surface area contributed by atoms with Gasteiger partial charge in [-0.25, -0.2) is 4.79 Å². The van der Waals surface area contributed by atoms with Crippen LogP contribution in [-0.2, 0) is 23.8 Å². The fourth-order valence-electron chi connectivity index (χ4n) is 5.27. The van der Waals surface area contributed by atoms with Gasteiger partial charge in [0.05, 0.1) is 19.8 Å². The smallest absolute Gasteiger partial charge is 0.410 e. The summed E-state index contributed by atoms with van der Waals surface area (Å²) in [7, 11) is 1.72. The fourth-order valence-corrected chi connectivity index (χ4v) is 5.27. The van der Waals surface area contributed by atoms with Crippen LogP contribution in [0.25, 0.3) is 10.9 Å².